The fraction of sp³-hybridized carbons (Fsp3) is 0. The molecule has 0 aliphatic rings. The van der Waals surface area contributed by atoms with Crippen LogP contribution in [0.4, 0.5) is 4.39 Å². The van der Waals surface area contributed by atoms with Gasteiger partial charge in [-0.05, 0) is 18.2 Å². The van der Waals surface area contributed by atoms with Crippen LogP contribution in [0.1, 0.15) is 0 Å². The standard InChI is InChI=1S/C12H8FN3O/c13-8-3-1-2-4-10(8)16-7-14-9-5-6-11(17)15-12(9)16/h1-7H,(H,15,17). The monoisotopic (exact) mass is 229 g/mol. The Morgan fingerprint density at radius 3 is 2.76 bits per heavy atom. The molecule has 0 fully saturated rings. The van der Waals surface area contributed by atoms with Crippen molar-refractivity contribution in [2.75, 3.05) is 0 Å². The van der Waals surface area contributed by atoms with E-state index in [0.717, 1.165) is 0 Å². The van der Waals surface area contributed by atoms with Crippen LogP contribution in [-0.4, -0.2) is 19.6 Å². The Kier molecular flexibility index (Phi) is 2.04. The van der Waals surface area contributed by atoms with Crippen LogP contribution >= 0.6 is 0 Å². The average molecular weight is 229 g/mol. The fourth-order valence-corrected chi connectivity index (χ4v) is 1.71. The van der Waals surface area contributed by atoms with E-state index in [1.54, 1.807) is 24.3 Å². The van der Waals surface area contributed by atoms with Gasteiger partial charge in [0.2, 0.25) is 5.88 Å². The van der Waals surface area contributed by atoms with Gasteiger partial charge in [-0.25, -0.2) is 9.37 Å². The molecule has 2 aromatic heterocycles. The second-order valence-corrected chi connectivity index (χ2v) is 3.58. The van der Waals surface area contributed by atoms with Crippen molar-refractivity contribution >= 4 is 11.2 Å². The Balaban J connectivity index is 2.31. The lowest BCUT2D eigenvalue weighted by molar-refractivity contribution is 0.455. The van der Waals surface area contributed by atoms with Crippen LogP contribution in [-0.2, 0) is 0 Å². The molecule has 3 rings (SSSR count). The van der Waals surface area contributed by atoms with E-state index in [4.69, 9.17) is 0 Å². The zero-order valence-corrected chi connectivity index (χ0v) is 8.71. The minimum absolute atomic E-state index is 0.115. The molecule has 5 heteroatoms. The molecule has 2 heterocycles. The first kappa shape index (κ1) is 9.77. The lowest BCUT2D eigenvalue weighted by Gasteiger charge is -2.04. The zero-order chi connectivity index (χ0) is 11.8. The molecule has 0 radical (unpaired) electrons. The number of hydrogen-bond acceptors (Lipinski definition) is 3. The van der Waals surface area contributed by atoms with Gasteiger partial charge in [0.15, 0.2) is 5.65 Å². The Bertz CT molecular complexity index is 693. The molecule has 0 saturated carbocycles. The fourth-order valence-electron chi connectivity index (χ4n) is 1.71. The molecule has 17 heavy (non-hydrogen) atoms. The summed E-state index contributed by atoms with van der Waals surface area (Å²) in [5.74, 6) is -0.479. The first-order chi connectivity index (χ1) is 8.25. The molecule has 0 atom stereocenters. The molecule has 0 aliphatic heterocycles. The summed E-state index contributed by atoms with van der Waals surface area (Å²) in [5.41, 5.74) is 1.38. The van der Waals surface area contributed by atoms with Crippen molar-refractivity contribution in [1.29, 1.82) is 0 Å². The van der Waals surface area contributed by atoms with Gasteiger partial charge in [0, 0.05) is 6.07 Å². The summed E-state index contributed by atoms with van der Waals surface area (Å²) in [6, 6.07) is 9.41. The SMILES string of the molecule is Oc1ccc2ncn(-c3ccccc3F)c2n1. The molecule has 0 bridgehead atoms. The number of pyridine rings is 1. The molecular formula is C12H8FN3O. The van der Waals surface area contributed by atoms with E-state index in [1.807, 2.05) is 0 Å². The quantitative estimate of drug-likeness (QED) is 0.696. The summed E-state index contributed by atoms with van der Waals surface area (Å²) in [7, 11) is 0. The van der Waals surface area contributed by atoms with Gasteiger partial charge >= 0.3 is 0 Å². The number of halogens is 1. The van der Waals surface area contributed by atoms with Gasteiger partial charge in [-0.3, -0.25) is 4.57 Å². The maximum Gasteiger partial charge on any atom is 0.212 e. The molecule has 0 amide bonds. The second kappa shape index (κ2) is 3.55. The minimum atomic E-state index is -0.364. The zero-order valence-electron chi connectivity index (χ0n) is 8.71. The molecule has 1 N–H and O–H groups in total. The van der Waals surface area contributed by atoms with Gasteiger partial charge in [-0.15, -0.1) is 0 Å². The summed E-state index contributed by atoms with van der Waals surface area (Å²) >= 11 is 0. The van der Waals surface area contributed by atoms with E-state index < -0.39 is 0 Å². The number of rotatable bonds is 1. The number of imidazole rings is 1. The lowest BCUT2D eigenvalue weighted by Crippen LogP contribution is -1.96. The molecule has 1 aromatic carbocycles. The van der Waals surface area contributed by atoms with Gasteiger partial charge in [0.25, 0.3) is 0 Å². The van der Waals surface area contributed by atoms with Crippen LogP contribution in [0.3, 0.4) is 0 Å². The van der Waals surface area contributed by atoms with Gasteiger partial charge in [0.05, 0.1) is 5.69 Å². The van der Waals surface area contributed by atoms with Gasteiger partial charge in [-0.2, -0.15) is 4.98 Å². The third kappa shape index (κ3) is 1.52. The van der Waals surface area contributed by atoms with Crippen molar-refractivity contribution in [2.24, 2.45) is 0 Å². The first-order valence-corrected chi connectivity index (χ1v) is 5.04. The molecule has 0 saturated heterocycles. The molecule has 0 unspecified atom stereocenters. The summed E-state index contributed by atoms with van der Waals surface area (Å²) in [5, 5.41) is 9.34. The number of aromatic hydroxyl groups is 1. The molecular weight excluding hydrogens is 221 g/mol. The topological polar surface area (TPSA) is 50.9 Å². The van der Waals surface area contributed by atoms with Crippen LogP contribution in [0.15, 0.2) is 42.7 Å². The van der Waals surface area contributed by atoms with Crippen LogP contribution in [0.25, 0.3) is 16.9 Å². The van der Waals surface area contributed by atoms with Crippen LogP contribution in [0.5, 0.6) is 5.88 Å². The van der Waals surface area contributed by atoms with Gasteiger partial charge < -0.3 is 5.11 Å². The molecule has 3 aromatic rings. The highest BCUT2D eigenvalue weighted by molar-refractivity contribution is 5.73. The minimum Gasteiger partial charge on any atom is -0.493 e. The Morgan fingerprint density at radius 1 is 1.12 bits per heavy atom. The van der Waals surface area contributed by atoms with Crippen LogP contribution in [0.2, 0.25) is 0 Å². The van der Waals surface area contributed by atoms with E-state index in [2.05, 4.69) is 9.97 Å². The summed E-state index contributed by atoms with van der Waals surface area (Å²) in [6.45, 7) is 0. The number of hydrogen-bond donors (Lipinski definition) is 1. The van der Waals surface area contributed by atoms with Crippen molar-refractivity contribution in [3.63, 3.8) is 0 Å². The Morgan fingerprint density at radius 2 is 1.94 bits per heavy atom. The van der Waals surface area contributed by atoms with Crippen molar-refractivity contribution < 1.29 is 9.50 Å². The third-order valence-corrected chi connectivity index (χ3v) is 2.49. The first-order valence-electron chi connectivity index (χ1n) is 5.04. The number of para-hydroxylation sites is 1. The predicted molar refractivity (Wildman–Crippen MR) is 60.5 cm³/mol. The second-order valence-electron chi connectivity index (χ2n) is 3.58. The van der Waals surface area contributed by atoms with Crippen LogP contribution in [0, 0.1) is 5.82 Å². The predicted octanol–water partition coefficient (Wildman–Crippen LogP) is 2.27. The average Bonchev–Trinajstić information content (AvgIpc) is 2.72. The van der Waals surface area contributed by atoms with Crippen LogP contribution < -0.4 is 0 Å². The number of benzene rings is 1. The third-order valence-electron chi connectivity index (χ3n) is 2.49. The number of fused-ring (bicyclic) bond motifs is 1. The Hall–Kier alpha value is -2.43. The normalized spacial score (nSPS) is 10.9. The maximum atomic E-state index is 13.6. The van der Waals surface area contributed by atoms with Gasteiger partial charge in [-0.1, -0.05) is 12.1 Å². The Labute approximate surface area is 96.0 Å². The molecule has 4 nitrogen and oxygen atoms in total. The molecule has 0 aliphatic carbocycles. The highest BCUT2D eigenvalue weighted by Gasteiger charge is 2.09. The summed E-state index contributed by atoms with van der Waals surface area (Å²) < 4.78 is 15.1. The van der Waals surface area contributed by atoms with E-state index in [9.17, 15) is 9.50 Å². The van der Waals surface area contributed by atoms with Crippen molar-refractivity contribution in [3.8, 4) is 11.6 Å². The van der Waals surface area contributed by atoms with Gasteiger partial charge in [0.1, 0.15) is 17.7 Å². The number of nitrogens with zero attached hydrogens (tertiary/aromatic N) is 3. The van der Waals surface area contributed by atoms with Crippen molar-refractivity contribution in [3.05, 3.63) is 48.5 Å². The largest absolute Gasteiger partial charge is 0.493 e. The van der Waals surface area contributed by atoms with Crippen molar-refractivity contribution in [2.45, 2.75) is 0 Å². The van der Waals surface area contributed by atoms with E-state index in [1.165, 1.54) is 23.0 Å². The smallest absolute Gasteiger partial charge is 0.212 e. The number of aromatic nitrogens is 3. The van der Waals surface area contributed by atoms with Crippen molar-refractivity contribution in [1.82, 2.24) is 14.5 Å². The molecule has 0 spiro atoms. The lowest BCUT2D eigenvalue weighted by atomic mass is 10.3. The highest BCUT2D eigenvalue weighted by atomic mass is 19.1. The maximum absolute atomic E-state index is 13.6. The van der Waals surface area contributed by atoms with E-state index >= 15 is 0 Å². The summed E-state index contributed by atoms with van der Waals surface area (Å²) in [4.78, 5) is 8.04. The van der Waals surface area contributed by atoms with E-state index in [-0.39, 0.29) is 11.7 Å². The highest BCUT2D eigenvalue weighted by Crippen LogP contribution is 2.20. The van der Waals surface area contributed by atoms with E-state index in [0.29, 0.717) is 16.9 Å². The summed E-state index contributed by atoms with van der Waals surface area (Å²) in [6.07, 6.45) is 1.48. The molecule has 84 valence electrons.